The number of hydrogen-bond acceptors (Lipinski definition) is 7. The number of nitrogens with zero attached hydrogens (tertiary/aromatic N) is 2. The average molecular weight is 474 g/mol. The summed E-state index contributed by atoms with van der Waals surface area (Å²) in [6.45, 7) is 1.64. The van der Waals surface area contributed by atoms with Crippen molar-refractivity contribution < 1.29 is 29.2 Å². The zero-order valence-corrected chi connectivity index (χ0v) is 19.4. The Hall–Kier alpha value is -3.43. The summed E-state index contributed by atoms with van der Waals surface area (Å²) < 4.78 is 16.4. The number of aliphatic hydroxyl groups excluding tert-OH is 1. The van der Waals surface area contributed by atoms with E-state index in [-0.39, 0.29) is 30.5 Å². The third-order valence-electron chi connectivity index (χ3n) is 5.74. The number of rotatable bonds is 7. The second kappa shape index (κ2) is 8.84. The zero-order valence-electron chi connectivity index (χ0n) is 18.6. The summed E-state index contributed by atoms with van der Waals surface area (Å²) in [4.78, 5) is 14.7. The Balaban J connectivity index is 1.97. The molecule has 33 heavy (non-hydrogen) atoms. The van der Waals surface area contributed by atoms with Gasteiger partial charge in [0.25, 0.3) is 5.91 Å². The van der Waals surface area contributed by atoms with Gasteiger partial charge in [0.1, 0.15) is 17.1 Å². The predicted octanol–water partition coefficient (Wildman–Crippen LogP) is 3.31. The minimum Gasteiger partial charge on any atom is -0.507 e. The van der Waals surface area contributed by atoms with E-state index in [0.29, 0.717) is 50.2 Å². The summed E-state index contributed by atoms with van der Waals surface area (Å²) in [5.41, 5.74) is 2.97. The Morgan fingerprint density at radius 3 is 2.36 bits per heavy atom. The lowest BCUT2D eigenvalue weighted by Gasteiger charge is -2.27. The first-order chi connectivity index (χ1) is 15.9. The van der Waals surface area contributed by atoms with Gasteiger partial charge in [0.2, 0.25) is 5.75 Å². The first-order valence-electron chi connectivity index (χ1n) is 10.2. The third-order valence-corrected chi connectivity index (χ3v) is 6.15. The maximum Gasteiger partial charge on any atom is 0.273 e. The molecule has 2 heterocycles. The van der Waals surface area contributed by atoms with E-state index in [1.54, 1.807) is 31.2 Å². The Morgan fingerprint density at radius 2 is 1.79 bits per heavy atom. The number of halogens is 1. The van der Waals surface area contributed by atoms with Crippen molar-refractivity contribution in [1.29, 1.82) is 0 Å². The molecule has 4 rings (SSSR count). The van der Waals surface area contributed by atoms with E-state index < -0.39 is 6.04 Å². The van der Waals surface area contributed by atoms with E-state index >= 15 is 0 Å². The van der Waals surface area contributed by atoms with Crippen molar-refractivity contribution in [3.05, 3.63) is 51.7 Å². The van der Waals surface area contributed by atoms with E-state index in [4.69, 9.17) is 25.8 Å². The molecule has 0 fully saturated rings. The molecule has 3 N–H and O–H groups in total. The van der Waals surface area contributed by atoms with Gasteiger partial charge < -0.3 is 29.3 Å². The molecule has 0 bridgehead atoms. The van der Waals surface area contributed by atoms with Crippen LogP contribution >= 0.6 is 11.6 Å². The van der Waals surface area contributed by atoms with E-state index in [2.05, 4.69) is 10.2 Å². The number of aromatic nitrogens is 2. The number of methoxy groups -OCH3 is 3. The fourth-order valence-corrected chi connectivity index (χ4v) is 4.37. The highest BCUT2D eigenvalue weighted by molar-refractivity contribution is 6.31. The van der Waals surface area contributed by atoms with Gasteiger partial charge in [-0.05, 0) is 42.3 Å². The number of aromatic amines is 1. The molecule has 10 heteroatoms. The summed E-state index contributed by atoms with van der Waals surface area (Å²) in [6.07, 6.45) is 0. The van der Waals surface area contributed by atoms with Crippen molar-refractivity contribution in [2.24, 2.45) is 0 Å². The maximum atomic E-state index is 13.2. The molecule has 0 saturated carbocycles. The monoisotopic (exact) mass is 473 g/mol. The molecule has 1 aliphatic heterocycles. The van der Waals surface area contributed by atoms with Gasteiger partial charge in [0.15, 0.2) is 11.5 Å². The number of benzene rings is 2. The first-order valence-corrected chi connectivity index (χ1v) is 10.5. The molecule has 1 atom stereocenters. The lowest BCUT2D eigenvalue weighted by Crippen LogP contribution is -2.32. The van der Waals surface area contributed by atoms with Crippen molar-refractivity contribution >= 4 is 17.5 Å². The van der Waals surface area contributed by atoms with Crippen molar-refractivity contribution in [1.82, 2.24) is 15.1 Å². The van der Waals surface area contributed by atoms with E-state index in [0.717, 1.165) is 0 Å². The molecule has 174 valence electrons. The number of hydrogen-bond donors (Lipinski definition) is 3. The number of fused-ring (bicyclic) bond motifs is 1. The first kappa shape index (κ1) is 22.8. The van der Waals surface area contributed by atoms with Crippen LogP contribution in [0.3, 0.4) is 0 Å². The number of phenols is 1. The highest BCUT2D eigenvalue weighted by Gasteiger charge is 2.43. The lowest BCUT2D eigenvalue weighted by atomic mass is 9.94. The van der Waals surface area contributed by atoms with Crippen molar-refractivity contribution in [2.45, 2.75) is 13.0 Å². The number of H-pyrrole nitrogens is 1. The summed E-state index contributed by atoms with van der Waals surface area (Å²) in [6, 6.07) is 6.03. The number of aliphatic hydroxyl groups is 1. The minimum atomic E-state index is -0.637. The molecule has 0 unspecified atom stereocenters. The molecule has 0 radical (unpaired) electrons. The largest absolute Gasteiger partial charge is 0.507 e. The summed E-state index contributed by atoms with van der Waals surface area (Å²) in [5, 5.41) is 27.9. The molecule has 3 aromatic rings. The van der Waals surface area contributed by atoms with Gasteiger partial charge >= 0.3 is 0 Å². The smallest absolute Gasteiger partial charge is 0.273 e. The van der Waals surface area contributed by atoms with Gasteiger partial charge in [-0.25, -0.2) is 0 Å². The molecule has 2 aromatic carbocycles. The molecule has 1 amide bonds. The number of aryl methyl sites for hydroxylation is 1. The van der Waals surface area contributed by atoms with Gasteiger partial charge in [-0.15, -0.1) is 0 Å². The normalized spacial score (nSPS) is 15.0. The SMILES string of the molecule is COc1cc([C@H]2c3c(-c4cc(Cl)c(C)cc4O)n[nH]c3C(=O)N2CCO)cc(OC)c1OC. The minimum absolute atomic E-state index is 0.0112. The number of carbonyl (C=O) groups is 1. The molecular weight excluding hydrogens is 450 g/mol. The topological polar surface area (TPSA) is 117 Å². The molecule has 0 spiro atoms. The summed E-state index contributed by atoms with van der Waals surface area (Å²) in [5.74, 6) is 0.917. The standard InChI is InChI=1S/C23H24ClN3O6/c1-11-7-15(29)13(10-14(11)24)19-18-20(26-25-19)23(30)27(5-6-28)21(18)12-8-16(31-2)22(33-4)17(9-12)32-3/h7-10,21,28-29H,5-6H2,1-4H3,(H,25,26)/t21-/m0/s1. The number of aromatic hydroxyl groups is 1. The average Bonchev–Trinajstić information content (AvgIpc) is 3.34. The highest BCUT2D eigenvalue weighted by Crippen LogP contribution is 2.48. The molecule has 0 saturated heterocycles. The molecule has 1 aliphatic rings. The Labute approximate surface area is 195 Å². The number of nitrogens with one attached hydrogen (secondary N) is 1. The second-order valence-corrected chi connectivity index (χ2v) is 7.97. The Kier molecular flexibility index (Phi) is 6.09. The number of β-amino-alcohol motifs (C(OH)–C–C–N with tert-alkyl or cyclic N) is 1. The van der Waals surface area contributed by atoms with Gasteiger partial charge in [-0.2, -0.15) is 5.10 Å². The summed E-state index contributed by atoms with van der Waals surface area (Å²) >= 11 is 6.32. The summed E-state index contributed by atoms with van der Waals surface area (Å²) in [7, 11) is 4.52. The van der Waals surface area contributed by atoms with Crippen LogP contribution in [-0.4, -0.2) is 65.7 Å². The van der Waals surface area contributed by atoms with E-state index in [9.17, 15) is 15.0 Å². The Morgan fingerprint density at radius 1 is 1.12 bits per heavy atom. The van der Waals surface area contributed by atoms with Gasteiger partial charge in [-0.3, -0.25) is 9.89 Å². The molecule has 1 aromatic heterocycles. The van der Waals surface area contributed by atoms with Crippen LogP contribution in [-0.2, 0) is 0 Å². The number of amides is 1. The van der Waals surface area contributed by atoms with Gasteiger partial charge in [0.05, 0.1) is 34.0 Å². The van der Waals surface area contributed by atoms with Crippen LogP contribution < -0.4 is 14.2 Å². The van der Waals surface area contributed by atoms with Crippen LogP contribution in [0, 0.1) is 6.92 Å². The lowest BCUT2D eigenvalue weighted by molar-refractivity contribution is 0.0706. The van der Waals surface area contributed by atoms with E-state index in [1.165, 1.54) is 26.2 Å². The molecule has 9 nitrogen and oxygen atoms in total. The fraction of sp³-hybridized carbons (Fsp3) is 0.304. The quantitative estimate of drug-likeness (QED) is 0.482. The molecular formula is C23H24ClN3O6. The molecule has 0 aliphatic carbocycles. The van der Waals surface area contributed by atoms with Crippen molar-refractivity contribution in [2.75, 3.05) is 34.5 Å². The fourth-order valence-electron chi connectivity index (χ4n) is 4.20. The van der Waals surface area contributed by atoms with Gasteiger partial charge in [-0.1, -0.05) is 11.6 Å². The maximum absolute atomic E-state index is 13.2. The van der Waals surface area contributed by atoms with Crippen molar-refractivity contribution in [3.8, 4) is 34.3 Å². The number of ether oxygens (including phenoxy) is 3. The third kappa shape index (κ3) is 3.63. The second-order valence-electron chi connectivity index (χ2n) is 7.56. The van der Waals surface area contributed by atoms with Gasteiger partial charge in [0, 0.05) is 22.7 Å². The highest BCUT2D eigenvalue weighted by atomic mass is 35.5. The van der Waals surface area contributed by atoms with Crippen LogP contribution in [0.1, 0.15) is 33.2 Å². The number of phenolic OH excluding ortho intramolecular Hbond substituents is 1. The van der Waals surface area contributed by atoms with Crippen LogP contribution in [0.5, 0.6) is 23.0 Å². The van der Waals surface area contributed by atoms with Crippen LogP contribution in [0.2, 0.25) is 5.02 Å². The Bertz CT molecular complexity index is 1200. The van der Waals surface area contributed by atoms with E-state index in [1.807, 2.05) is 0 Å². The van der Waals surface area contributed by atoms with Crippen LogP contribution in [0.25, 0.3) is 11.3 Å². The van der Waals surface area contributed by atoms with Crippen molar-refractivity contribution in [3.63, 3.8) is 0 Å². The van der Waals surface area contributed by atoms with Crippen LogP contribution in [0.4, 0.5) is 0 Å². The number of carbonyl (C=O) groups excluding carboxylic acids is 1. The zero-order chi connectivity index (χ0) is 23.9. The van der Waals surface area contributed by atoms with Crippen LogP contribution in [0.15, 0.2) is 24.3 Å². The predicted molar refractivity (Wildman–Crippen MR) is 121 cm³/mol.